The van der Waals surface area contributed by atoms with Crippen LogP contribution >= 0.6 is 11.6 Å². The molecule has 4 nitrogen and oxygen atoms in total. The van der Waals surface area contributed by atoms with E-state index in [2.05, 4.69) is 20.2 Å². The third-order valence-corrected chi connectivity index (χ3v) is 3.97. The summed E-state index contributed by atoms with van der Waals surface area (Å²) in [5.41, 5.74) is 0. The van der Waals surface area contributed by atoms with Crippen LogP contribution in [0.1, 0.15) is 25.7 Å². The third kappa shape index (κ3) is 2.93. The molecule has 1 aromatic heterocycles. The fourth-order valence-corrected chi connectivity index (χ4v) is 2.77. The molecule has 1 aliphatic heterocycles. The van der Waals surface area contributed by atoms with E-state index < -0.39 is 0 Å². The summed E-state index contributed by atoms with van der Waals surface area (Å²) in [6, 6.07) is 0.660. The van der Waals surface area contributed by atoms with Crippen LogP contribution in [-0.2, 0) is 0 Å². The largest absolute Gasteiger partial charge is 0.352 e. The van der Waals surface area contributed by atoms with Crippen LogP contribution in [0.5, 0.6) is 0 Å². The first kappa shape index (κ1) is 12.2. The third-order valence-electron chi connectivity index (χ3n) is 3.79. The van der Waals surface area contributed by atoms with E-state index in [1.54, 1.807) is 6.20 Å². The minimum atomic E-state index is 0.489. The smallest absolute Gasteiger partial charge is 0.149 e. The van der Waals surface area contributed by atoms with Gasteiger partial charge in [0, 0.05) is 12.6 Å². The van der Waals surface area contributed by atoms with E-state index in [1.807, 2.05) is 6.20 Å². The van der Waals surface area contributed by atoms with Crippen molar-refractivity contribution in [3.05, 3.63) is 17.5 Å². The Kier molecular flexibility index (Phi) is 3.66. The number of anilines is 1. The molecule has 1 saturated heterocycles. The van der Waals surface area contributed by atoms with E-state index in [0.29, 0.717) is 11.2 Å². The summed E-state index contributed by atoms with van der Waals surface area (Å²) in [7, 11) is 0. The average Bonchev–Trinajstić information content (AvgIpc) is 3.21. The van der Waals surface area contributed by atoms with Crippen LogP contribution in [0.3, 0.4) is 0 Å². The van der Waals surface area contributed by atoms with Gasteiger partial charge in [0.05, 0.1) is 12.4 Å². The Morgan fingerprint density at radius 3 is 2.67 bits per heavy atom. The second-order valence-electron chi connectivity index (χ2n) is 5.28. The molecule has 1 aliphatic carbocycles. The van der Waals surface area contributed by atoms with Crippen molar-refractivity contribution < 1.29 is 0 Å². The zero-order valence-electron chi connectivity index (χ0n) is 10.5. The van der Waals surface area contributed by atoms with Crippen molar-refractivity contribution in [2.45, 2.75) is 31.7 Å². The predicted octanol–water partition coefficient (Wildman–Crippen LogP) is 2.10. The number of piperidine rings is 1. The number of halogens is 1. The second kappa shape index (κ2) is 5.41. The SMILES string of the molecule is Clc1cncc(N(CC2CCNCC2)C2CC2)n1. The molecule has 0 atom stereocenters. The van der Waals surface area contributed by atoms with Crippen LogP contribution in [0.4, 0.5) is 5.82 Å². The Labute approximate surface area is 113 Å². The highest BCUT2D eigenvalue weighted by atomic mass is 35.5. The van der Waals surface area contributed by atoms with E-state index in [1.165, 1.54) is 25.7 Å². The zero-order chi connectivity index (χ0) is 12.4. The van der Waals surface area contributed by atoms with E-state index >= 15 is 0 Å². The van der Waals surface area contributed by atoms with E-state index in [0.717, 1.165) is 31.4 Å². The minimum absolute atomic E-state index is 0.489. The molecule has 0 aromatic carbocycles. The Balaban J connectivity index is 1.71. The van der Waals surface area contributed by atoms with E-state index in [-0.39, 0.29) is 0 Å². The summed E-state index contributed by atoms with van der Waals surface area (Å²) < 4.78 is 0. The molecule has 1 saturated carbocycles. The lowest BCUT2D eigenvalue weighted by Crippen LogP contribution is -2.37. The number of hydrogen-bond acceptors (Lipinski definition) is 4. The number of nitrogens with one attached hydrogen (secondary N) is 1. The first-order valence-corrected chi connectivity index (χ1v) is 7.15. The van der Waals surface area contributed by atoms with Crippen molar-refractivity contribution in [1.29, 1.82) is 0 Å². The molecule has 0 amide bonds. The van der Waals surface area contributed by atoms with Gasteiger partial charge in [0.15, 0.2) is 0 Å². The van der Waals surface area contributed by atoms with Crippen molar-refractivity contribution in [3.63, 3.8) is 0 Å². The normalized spacial score (nSPS) is 20.9. The summed E-state index contributed by atoms with van der Waals surface area (Å²) in [5.74, 6) is 1.72. The quantitative estimate of drug-likeness (QED) is 0.906. The summed E-state index contributed by atoms with van der Waals surface area (Å²) in [4.78, 5) is 11.0. The molecule has 2 aliphatic rings. The topological polar surface area (TPSA) is 41.1 Å². The maximum Gasteiger partial charge on any atom is 0.149 e. The van der Waals surface area contributed by atoms with Gasteiger partial charge in [0.2, 0.25) is 0 Å². The Morgan fingerprint density at radius 1 is 1.22 bits per heavy atom. The number of hydrogen-bond donors (Lipinski definition) is 1. The molecule has 0 unspecified atom stereocenters. The van der Waals surface area contributed by atoms with Crippen LogP contribution in [0.15, 0.2) is 12.4 Å². The average molecular weight is 267 g/mol. The van der Waals surface area contributed by atoms with Gasteiger partial charge < -0.3 is 10.2 Å². The van der Waals surface area contributed by atoms with Gasteiger partial charge in [-0.15, -0.1) is 0 Å². The second-order valence-corrected chi connectivity index (χ2v) is 5.66. The fraction of sp³-hybridized carbons (Fsp3) is 0.692. The predicted molar refractivity (Wildman–Crippen MR) is 73.0 cm³/mol. The van der Waals surface area contributed by atoms with Crippen molar-refractivity contribution in [2.75, 3.05) is 24.5 Å². The molecule has 1 aromatic rings. The van der Waals surface area contributed by atoms with Crippen LogP contribution in [0.25, 0.3) is 0 Å². The molecule has 3 rings (SSSR count). The van der Waals surface area contributed by atoms with Crippen molar-refractivity contribution >= 4 is 17.4 Å². The maximum atomic E-state index is 5.95. The molecule has 2 heterocycles. The van der Waals surface area contributed by atoms with Gasteiger partial charge in [0.25, 0.3) is 0 Å². The minimum Gasteiger partial charge on any atom is -0.352 e. The van der Waals surface area contributed by atoms with Crippen molar-refractivity contribution in [2.24, 2.45) is 5.92 Å². The fourth-order valence-electron chi connectivity index (χ4n) is 2.63. The summed E-state index contributed by atoms with van der Waals surface area (Å²) in [5, 5.41) is 3.90. The Bertz CT molecular complexity index is 402. The molecule has 0 bridgehead atoms. The van der Waals surface area contributed by atoms with Crippen LogP contribution in [-0.4, -0.2) is 35.6 Å². The van der Waals surface area contributed by atoms with Crippen molar-refractivity contribution in [3.8, 4) is 0 Å². The van der Waals surface area contributed by atoms with E-state index in [9.17, 15) is 0 Å². The van der Waals surface area contributed by atoms with Gasteiger partial charge in [-0.3, -0.25) is 4.98 Å². The summed E-state index contributed by atoms with van der Waals surface area (Å²) in [6.45, 7) is 3.39. The van der Waals surface area contributed by atoms with Crippen LogP contribution < -0.4 is 10.2 Å². The lowest BCUT2D eigenvalue weighted by atomic mass is 9.97. The molecule has 0 radical (unpaired) electrons. The van der Waals surface area contributed by atoms with Gasteiger partial charge in [-0.25, -0.2) is 4.98 Å². The summed E-state index contributed by atoms with van der Waals surface area (Å²) in [6.07, 6.45) is 8.51. The van der Waals surface area contributed by atoms with Gasteiger partial charge in [0.1, 0.15) is 11.0 Å². The zero-order valence-corrected chi connectivity index (χ0v) is 11.2. The molecule has 5 heteroatoms. The number of rotatable bonds is 4. The van der Waals surface area contributed by atoms with Crippen LogP contribution in [0.2, 0.25) is 5.15 Å². The molecule has 98 valence electrons. The van der Waals surface area contributed by atoms with Crippen LogP contribution in [0, 0.1) is 5.92 Å². The highest BCUT2D eigenvalue weighted by Crippen LogP contribution is 2.32. The van der Waals surface area contributed by atoms with Gasteiger partial charge in [-0.2, -0.15) is 0 Å². The highest BCUT2D eigenvalue weighted by molar-refractivity contribution is 6.29. The van der Waals surface area contributed by atoms with Gasteiger partial charge >= 0.3 is 0 Å². The molecular weight excluding hydrogens is 248 g/mol. The molecular formula is C13H19ClN4. The first-order chi connectivity index (χ1) is 8.83. The van der Waals surface area contributed by atoms with Gasteiger partial charge in [-0.1, -0.05) is 11.6 Å². The molecule has 0 spiro atoms. The monoisotopic (exact) mass is 266 g/mol. The Hall–Kier alpha value is -0.870. The Morgan fingerprint density at radius 2 is 2.00 bits per heavy atom. The standard InChI is InChI=1S/C13H19ClN4/c14-12-7-16-8-13(17-12)18(11-1-2-11)9-10-3-5-15-6-4-10/h7-8,10-11,15H,1-6,9H2. The first-order valence-electron chi connectivity index (χ1n) is 6.78. The number of nitrogens with zero attached hydrogens (tertiary/aromatic N) is 3. The van der Waals surface area contributed by atoms with E-state index in [4.69, 9.17) is 11.6 Å². The molecule has 18 heavy (non-hydrogen) atoms. The highest BCUT2D eigenvalue weighted by Gasteiger charge is 2.32. The maximum absolute atomic E-state index is 5.95. The van der Waals surface area contributed by atoms with Crippen molar-refractivity contribution in [1.82, 2.24) is 15.3 Å². The lowest BCUT2D eigenvalue weighted by Gasteiger charge is -2.30. The lowest BCUT2D eigenvalue weighted by molar-refractivity contribution is 0.372. The molecule has 2 fully saturated rings. The number of aromatic nitrogens is 2. The van der Waals surface area contributed by atoms with Gasteiger partial charge in [-0.05, 0) is 44.7 Å². The summed E-state index contributed by atoms with van der Waals surface area (Å²) >= 11 is 5.95. The molecule has 1 N–H and O–H groups in total.